The minimum atomic E-state index is -0.158. The van der Waals surface area contributed by atoms with Crippen molar-refractivity contribution in [3.63, 3.8) is 0 Å². The largest absolute Gasteiger partial charge is 0.436 e. The van der Waals surface area contributed by atoms with Gasteiger partial charge in [-0.3, -0.25) is 4.79 Å². The molecule has 19 heavy (non-hydrogen) atoms. The van der Waals surface area contributed by atoms with Crippen molar-refractivity contribution in [1.29, 1.82) is 0 Å². The fraction of sp³-hybridized carbons (Fsp3) is 0.286. The summed E-state index contributed by atoms with van der Waals surface area (Å²) in [5.74, 6) is 0.663. The van der Waals surface area contributed by atoms with Crippen molar-refractivity contribution in [1.82, 2.24) is 9.88 Å². The molecule has 0 aliphatic heterocycles. The van der Waals surface area contributed by atoms with Gasteiger partial charge in [0.1, 0.15) is 0 Å². The molecule has 1 heterocycles. The Morgan fingerprint density at radius 3 is 2.63 bits per heavy atom. The van der Waals surface area contributed by atoms with Crippen LogP contribution in [0, 0.1) is 13.8 Å². The first kappa shape index (κ1) is 13.8. The van der Waals surface area contributed by atoms with Gasteiger partial charge in [0.15, 0.2) is 5.89 Å². The zero-order valence-electron chi connectivity index (χ0n) is 11.1. The fourth-order valence-corrected chi connectivity index (χ4v) is 2.27. The number of aryl methyl sites for hydroxylation is 2. The molecule has 0 atom stereocenters. The van der Waals surface area contributed by atoms with Crippen LogP contribution in [0.1, 0.15) is 27.7 Å². The van der Waals surface area contributed by atoms with Crippen molar-refractivity contribution in [3.8, 4) is 0 Å². The maximum atomic E-state index is 12.3. The van der Waals surface area contributed by atoms with Crippen LogP contribution in [-0.2, 0) is 6.54 Å². The van der Waals surface area contributed by atoms with Crippen LogP contribution in [0.25, 0.3) is 0 Å². The summed E-state index contributed by atoms with van der Waals surface area (Å²) in [5, 5.41) is 0. The van der Waals surface area contributed by atoms with E-state index in [1.807, 2.05) is 24.3 Å². The maximum Gasteiger partial charge on any atom is 0.291 e. The van der Waals surface area contributed by atoms with E-state index in [9.17, 15) is 4.79 Å². The monoisotopic (exact) mass is 322 g/mol. The Bertz CT molecular complexity index is 607. The van der Waals surface area contributed by atoms with Gasteiger partial charge in [0, 0.05) is 25.0 Å². The third-order valence-electron chi connectivity index (χ3n) is 2.81. The second-order valence-corrected chi connectivity index (χ2v) is 5.25. The lowest BCUT2D eigenvalue weighted by Crippen LogP contribution is -2.26. The third kappa shape index (κ3) is 3.04. The van der Waals surface area contributed by atoms with Gasteiger partial charge in [-0.05, 0) is 18.6 Å². The Morgan fingerprint density at radius 2 is 2.05 bits per heavy atom. The summed E-state index contributed by atoms with van der Waals surface area (Å²) < 4.78 is 6.34. The van der Waals surface area contributed by atoms with Crippen LogP contribution < -0.4 is 0 Å². The first-order valence-corrected chi connectivity index (χ1v) is 6.71. The van der Waals surface area contributed by atoms with E-state index in [-0.39, 0.29) is 5.91 Å². The summed E-state index contributed by atoms with van der Waals surface area (Å²) in [6, 6.07) is 7.82. The standard InChI is InChI=1S/C14H15BrN2O2/c1-9-13(19-10(2)16-9)14(18)17(3)8-11-6-4-5-7-12(11)15/h4-7H,8H2,1-3H3. The van der Waals surface area contributed by atoms with Crippen LogP contribution in [0.5, 0.6) is 0 Å². The van der Waals surface area contributed by atoms with E-state index < -0.39 is 0 Å². The van der Waals surface area contributed by atoms with Gasteiger partial charge in [0.05, 0.1) is 5.69 Å². The molecule has 1 aromatic carbocycles. The zero-order valence-corrected chi connectivity index (χ0v) is 12.7. The molecule has 2 aromatic rings. The minimum absolute atomic E-state index is 0.158. The quantitative estimate of drug-likeness (QED) is 0.870. The molecule has 1 amide bonds. The Kier molecular flexibility index (Phi) is 4.04. The second kappa shape index (κ2) is 5.57. The number of carbonyl (C=O) groups is 1. The number of amides is 1. The summed E-state index contributed by atoms with van der Waals surface area (Å²) in [6.07, 6.45) is 0. The van der Waals surface area contributed by atoms with E-state index in [0.717, 1.165) is 10.0 Å². The van der Waals surface area contributed by atoms with Crippen molar-refractivity contribution >= 4 is 21.8 Å². The summed E-state index contributed by atoms with van der Waals surface area (Å²) in [4.78, 5) is 18.0. The SMILES string of the molecule is Cc1nc(C)c(C(=O)N(C)Cc2ccccc2Br)o1. The molecule has 0 saturated carbocycles. The smallest absolute Gasteiger partial charge is 0.291 e. The normalized spacial score (nSPS) is 10.5. The number of carbonyl (C=O) groups excluding carboxylic acids is 1. The summed E-state index contributed by atoms with van der Waals surface area (Å²) in [5.41, 5.74) is 1.67. The number of benzene rings is 1. The van der Waals surface area contributed by atoms with Crippen LogP contribution in [0.4, 0.5) is 0 Å². The number of rotatable bonds is 3. The van der Waals surface area contributed by atoms with E-state index >= 15 is 0 Å². The van der Waals surface area contributed by atoms with Crippen molar-refractivity contribution in [2.24, 2.45) is 0 Å². The average Bonchev–Trinajstić information content (AvgIpc) is 2.70. The predicted molar refractivity (Wildman–Crippen MR) is 75.9 cm³/mol. The van der Waals surface area contributed by atoms with Gasteiger partial charge >= 0.3 is 0 Å². The second-order valence-electron chi connectivity index (χ2n) is 4.40. The highest BCUT2D eigenvalue weighted by molar-refractivity contribution is 9.10. The Balaban J connectivity index is 2.16. The van der Waals surface area contributed by atoms with Gasteiger partial charge < -0.3 is 9.32 Å². The number of oxazole rings is 1. The first-order chi connectivity index (χ1) is 8.99. The van der Waals surface area contributed by atoms with Crippen LogP contribution in [0.3, 0.4) is 0 Å². The molecule has 0 fully saturated rings. The molecule has 1 aromatic heterocycles. The van der Waals surface area contributed by atoms with Gasteiger partial charge in [-0.2, -0.15) is 0 Å². The molecule has 2 rings (SSSR count). The molecule has 100 valence electrons. The van der Waals surface area contributed by atoms with E-state index in [1.165, 1.54) is 0 Å². The highest BCUT2D eigenvalue weighted by Crippen LogP contribution is 2.19. The lowest BCUT2D eigenvalue weighted by Gasteiger charge is -2.16. The Hall–Kier alpha value is -1.62. The molecular weight excluding hydrogens is 308 g/mol. The molecule has 4 nitrogen and oxygen atoms in total. The van der Waals surface area contributed by atoms with Gasteiger partial charge in [-0.1, -0.05) is 34.1 Å². The summed E-state index contributed by atoms with van der Waals surface area (Å²) in [6.45, 7) is 4.02. The molecule has 0 N–H and O–H groups in total. The van der Waals surface area contributed by atoms with E-state index in [0.29, 0.717) is 23.9 Å². The van der Waals surface area contributed by atoms with Crippen LogP contribution in [0.15, 0.2) is 33.2 Å². The molecule has 0 saturated heterocycles. The summed E-state index contributed by atoms with van der Waals surface area (Å²) >= 11 is 3.47. The molecule has 0 aliphatic rings. The van der Waals surface area contributed by atoms with Gasteiger partial charge in [-0.25, -0.2) is 4.98 Å². The van der Waals surface area contributed by atoms with Crippen LogP contribution in [-0.4, -0.2) is 22.8 Å². The fourth-order valence-electron chi connectivity index (χ4n) is 1.86. The molecule has 0 radical (unpaired) electrons. The van der Waals surface area contributed by atoms with Gasteiger partial charge in [0.2, 0.25) is 5.76 Å². The highest BCUT2D eigenvalue weighted by atomic mass is 79.9. The Labute approximate surface area is 120 Å². The first-order valence-electron chi connectivity index (χ1n) is 5.92. The van der Waals surface area contributed by atoms with Gasteiger partial charge in [0.25, 0.3) is 5.91 Å². The maximum absolute atomic E-state index is 12.3. The minimum Gasteiger partial charge on any atom is -0.436 e. The van der Waals surface area contributed by atoms with Crippen molar-refractivity contribution in [3.05, 3.63) is 51.6 Å². The third-order valence-corrected chi connectivity index (χ3v) is 3.58. The molecule has 0 aliphatic carbocycles. The van der Waals surface area contributed by atoms with Crippen molar-refractivity contribution in [2.75, 3.05) is 7.05 Å². The molecular formula is C14H15BrN2O2. The number of hydrogen-bond acceptors (Lipinski definition) is 3. The van der Waals surface area contributed by atoms with E-state index in [1.54, 1.807) is 25.8 Å². The lowest BCUT2D eigenvalue weighted by atomic mass is 10.2. The summed E-state index contributed by atoms with van der Waals surface area (Å²) in [7, 11) is 1.75. The molecule has 0 unspecified atom stereocenters. The van der Waals surface area contributed by atoms with Crippen LogP contribution >= 0.6 is 15.9 Å². The Morgan fingerprint density at radius 1 is 1.37 bits per heavy atom. The van der Waals surface area contributed by atoms with Crippen molar-refractivity contribution in [2.45, 2.75) is 20.4 Å². The van der Waals surface area contributed by atoms with Gasteiger partial charge in [-0.15, -0.1) is 0 Å². The number of hydrogen-bond donors (Lipinski definition) is 0. The lowest BCUT2D eigenvalue weighted by molar-refractivity contribution is 0.0751. The highest BCUT2D eigenvalue weighted by Gasteiger charge is 2.20. The number of halogens is 1. The van der Waals surface area contributed by atoms with E-state index in [2.05, 4.69) is 20.9 Å². The van der Waals surface area contributed by atoms with E-state index in [4.69, 9.17) is 4.42 Å². The zero-order chi connectivity index (χ0) is 14.0. The predicted octanol–water partition coefficient (Wildman–Crippen LogP) is 3.33. The van der Waals surface area contributed by atoms with Crippen LogP contribution in [0.2, 0.25) is 0 Å². The average molecular weight is 323 g/mol. The molecule has 5 heteroatoms. The number of nitrogens with zero attached hydrogens (tertiary/aromatic N) is 2. The topological polar surface area (TPSA) is 46.3 Å². The number of aromatic nitrogens is 1. The van der Waals surface area contributed by atoms with Crippen molar-refractivity contribution < 1.29 is 9.21 Å². The molecule has 0 bridgehead atoms. The molecule has 0 spiro atoms.